The van der Waals surface area contributed by atoms with E-state index in [1.165, 1.54) is 18.4 Å². The van der Waals surface area contributed by atoms with Gasteiger partial charge in [-0.2, -0.15) is 0 Å². The molecule has 1 atom stereocenters. The number of hydrogen-bond donors (Lipinski definition) is 3. The van der Waals surface area contributed by atoms with Gasteiger partial charge >= 0.3 is 0 Å². The van der Waals surface area contributed by atoms with E-state index in [1.54, 1.807) is 0 Å². The molecule has 1 saturated heterocycles. The zero-order valence-corrected chi connectivity index (χ0v) is 23.7. The van der Waals surface area contributed by atoms with Gasteiger partial charge in [-0.1, -0.05) is 45.7 Å². The highest BCUT2D eigenvalue weighted by Gasteiger charge is 2.35. The van der Waals surface area contributed by atoms with E-state index in [4.69, 9.17) is 0 Å². The number of unbranched alkanes of at least 4 members (excludes halogenated alkanes) is 1. The normalized spacial score (nSPS) is 18.6. The molecule has 0 saturated carbocycles. The number of carbonyl (C=O) groups excluding carboxylic acids is 3. The van der Waals surface area contributed by atoms with Crippen molar-refractivity contribution >= 4 is 23.3 Å². The molecular weight excluding hydrogens is 476 g/mol. The third kappa shape index (κ3) is 6.73. The van der Waals surface area contributed by atoms with Gasteiger partial charge in [0.25, 0.3) is 5.91 Å². The van der Waals surface area contributed by atoms with Gasteiger partial charge in [-0.15, -0.1) is 0 Å². The smallest absolute Gasteiger partial charge is 0.268 e. The van der Waals surface area contributed by atoms with Gasteiger partial charge in [-0.3, -0.25) is 14.4 Å². The number of likely N-dealkylation sites (tertiary alicyclic amines) is 1. The standard InChI is InChI=1S/C31H44N4O3/c1-6-7-8-24(34-30(38)28-20(2)27-25(33-28)18-31(3,4)19-26(27)36)29(37)32-23-11-9-21(10-12-23)17-22-13-15-35(5)16-14-22/h9-12,22,24,33H,6-8,13-19H2,1-5H3,(H,32,37)(H,34,38). The summed E-state index contributed by atoms with van der Waals surface area (Å²) in [5.41, 5.74) is 4.41. The van der Waals surface area contributed by atoms with Gasteiger partial charge in [0.2, 0.25) is 5.91 Å². The number of fused-ring (bicyclic) bond motifs is 1. The Morgan fingerprint density at radius 1 is 1.13 bits per heavy atom. The highest BCUT2D eigenvalue weighted by atomic mass is 16.2. The Morgan fingerprint density at radius 3 is 2.47 bits per heavy atom. The molecule has 38 heavy (non-hydrogen) atoms. The number of aromatic nitrogens is 1. The van der Waals surface area contributed by atoms with Crippen molar-refractivity contribution in [2.24, 2.45) is 11.3 Å². The second kappa shape index (κ2) is 11.9. The number of anilines is 1. The molecule has 0 spiro atoms. The van der Waals surface area contributed by atoms with Crippen LogP contribution in [0.1, 0.15) is 97.0 Å². The second-order valence-corrected chi connectivity index (χ2v) is 12.2. The second-order valence-electron chi connectivity index (χ2n) is 12.2. The van der Waals surface area contributed by atoms with E-state index >= 15 is 0 Å². The Labute approximate surface area is 227 Å². The molecule has 2 heterocycles. The number of amides is 2. The van der Waals surface area contributed by atoms with Crippen molar-refractivity contribution in [2.75, 3.05) is 25.5 Å². The topological polar surface area (TPSA) is 94.3 Å². The van der Waals surface area contributed by atoms with Crippen molar-refractivity contribution in [3.05, 3.63) is 52.3 Å². The molecule has 0 bridgehead atoms. The largest absolute Gasteiger partial charge is 0.354 e. The predicted octanol–water partition coefficient (Wildman–Crippen LogP) is 5.29. The minimum atomic E-state index is -0.659. The fourth-order valence-electron chi connectivity index (χ4n) is 5.92. The molecule has 0 radical (unpaired) electrons. The summed E-state index contributed by atoms with van der Waals surface area (Å²) in [5, 5.41) is 5.95. The van der Waals surface area contributed by atoms with Gasteiger partial charge in [0.1, 0.15) is 11.7 Å². The first-order chi connectivity index (χ1) is 18.1. The zero-order chi connectivity index (χ0) is 27.4. The number of carbonyl (C=O) groups is 3. The Balaban J connectivity index is 1.41. The summed E-state index contributed by atoms with van der Waals surface area (Å²) in [6, 6.07) is 7.44. The van der Waals surface area contributed by atoms with Gasteiger partial charge in [0.05, 0.1) is 0 Å². The lowest BCUT2D eigenvalue weighted by Crippen LogP contribution is -2.44. The van der Waals surface area contributed by atoms with E-state index in [0.29, 0.717) is 35.6 Å². The monoisotopic (exact) mass is 520 g/mol. The van der Waals surface area contributed by atoms with Crippen LogP contribution in [0.2, 0.25) is 0 Å². The van der Waals surface area contributed by atoms with Crippen LogP contribution in [0.25, 0.3) is 0 Å². The minimum Gasteiger partial charge on any atom is -0.354 e. The van der Waals surface area contributed by atoms with Crippen LogP contribution in [-0.4, -0.2) is 53.7 Å². The molecule has 1 aliphatic heterocycles. The Bertz CT molecular complexity index is 1160. The van der Waals surface area contributed by atoms with Gasteiger partial charge in [-0.25, -0.2) is 0 Å². The van der Waals surface area contributed by atoms with E-state index in [0.717, 1.165) is 50.2 Å². The quantitative estimate of drug-likeness (QED) is 0.419. The van der Waals surface area contributed by atoms with Crippen LogP contribution in [0.4, 0.5) is 5.69 Å². The molecule has 7 nitrogen and oxygen atoms in total. The number of nitrogens with zero attached hydrogens (tertiary/aromatic N) is 1. The summed E-state index contributed by atoms with van der Waals surface area (Å²) in [4.78, 5) is 44.9. The van der Waals surface area contributed by atoms with Crippen LogP contribution in [0.15, 0.2) is 24.3 Å². The van der Waals surface area contributed by atoms with Crippen molar-refractivity contribution < 1.29 is 14.4 Å². The number of ketones is 1. The summed E-state index contributed by atoms with van der Waals surface area (Å²) >= 11 is 0. The maximum absolute atomic E-state index is 13.3. The van der Waals surface area contributed by atoms with Gasteiger partial charge < -0.3 is 20.5 Å². The Morgan fingerprint density at radius 2 is 1.82 bits per heavy atom. The minimum absolute atomic E-state index is 0.0728. The van der Waals surface area contributed by atoms with Crippen molar-refractivity contribution in [2.45, 2.75) is 85.1 Å². The highest BCUT2D eigenvalue weighted by Crippen LogP contribution is 2.36. The fourth-order valence-corrected chi connectivity index (χ4v) is 5.92. The van der Waals surface area contributed by atoms with Crippen molar-refractivity contribution in [3.8, 4) is 0 Å². The van der Waals surface area contributed by atoms with E-state index in [1.807, 2.05) is 19.1 Å². The molecule has 1 aromatic heterocycles. The van der Waals surface area contributed by atoms with Gasteiger partial charge in [0.15, 0.2) is 5.78 Å². The molecular formula is C31H44N4O3. The lowest BCUT2D eigenvalue weighted by atomic mass is 9.75. The Kier molecular flexibility index (Phi) is 8.76. The maximum atomic E-state index is 13.3. The maximum Gasteiger partial charge on any atom is 0.268 e. The summed E-state index contributed by atoms with van der Waals surface area (Å²) in [5.74, 6) is 0.223. The third-order valence-electron chi connectivity index (χ3n) is 8.18. The number of hydrogen-bond acceptors (Lipinski definition) is 4. The molecule has 2 aromatic rings. The van der Waals surface area contributed by atoms with E-state index in [2.05, 4.69) is 60.5 Å². The van der Waals surface area contributed by atoms with Crippen LogP contribution in [0.3, 0.4) is 0 Å². The molecule has 206 valence electrons. The molecule has 4 rings (SSSR count). The molecule has 1 fully saturated rings. The number of aromatic amines is 1. The summed E-state index contributed by atoms with van der Waals surface area (Å²) in [6.45, 7) is 10.3. The average molecular weight is 521 g/mol. The molecule has 2 aliphatic rings. The van der Waals surface area contributed by atoms with Crippen LogP contribution in [-0.2, 0) is 17.6 Å². The number of H-pyrrole nitrogens is 1. The summed E-state index contributed by atoms with van der Waals surface area (Å²) < 4.78 is 0. The first-order valence-corrected chi connectivity index (χ1v) is 14.2. The molecule has 3 N–H and O–H groups in total. The lowest BCUT2D eigenvalue weighted by molar-refractivity contribution is -0.118. The zero-order valence-electron chi connectivity index (χ0n) is 23.7. The first kappa shape index (κ1) is 28.1. The Hall–Kier alpha value is -2.93. The molecule has 1 aliphatic carbocycles. The molecule has 1 unspecified atom stereocenters. The van der Waals surface area contributed by atoms with Gasteiger partial charge in [-0.05, 0) is 93.8 Å². The SMILES string of the molecule is CCCCC(NC(=O)c1[nH]c2c(c1C)C(=O)CC(C)(C)C2)C(=O)Nc1ccc(CC2CCN(C)CC2)cc1. The van der Waals surface area contributed by atoms with Gasteiger partial charge in [0, 0.05) is 23.4 Å². The van der Waals surface area contributed by atoms with E-state index in [-0.39, 0.29) is 23.0 Å². The van der Waals surface area contributed by atoms with E-state index < -0.39 is 6.04 Å². The summed E-state index contributed by atoms with van der Waals surface area (Å²) in [7, 11) is 2.18. The first-order valence-electron chi connectivity index (χ1n) is 14.2. The lowest BCUT2D eigenvalue weighted by Gasteiger charge is -2.29. The van der Waals surface area contributed by atoms with Crippen molar-refractivity contribution in [1.82, 2.24) is 15.2 Å². The third-order valence-corrected chi connectivity index (χ3v) is 8.18. The molecule has 2 amide bonds. The average Bonchev–Trinajstić information content (AvgIpc) is 3.19. The highest BCUT2D eigenvalue weighted by molar-refractivity contribution is 6.06. The number of benzene rings is 1. The van der Waals surface area contributed by atoms with Crippen LogP contribution >= 0.6 is 0 Å². The number of nitrogens with one attached hydrogen (secondary N) is 3. The van der Waals surface area contributed by atoms with Crippen LogP contribution in [0, 0.1) is 18.3 Å². The van der Waals surface area contributed by atoms with Crippen LogP contribution < -0.4 is 10.6 Å². The summed E-state index contributed by atoms with van der Waals surface area (Å²) in [6.07, 6.45) is 7.00. The number of Topliss-reactive ketones (excluding diaryl/α,β-unsaturated/α-hetero) is 1. The van der Waals surface area contributed by atoms with Crippen LogP contribution in [0.5, 0.6) is 0 Å². The van der Waals surface area contributed by atoms with Crippen molar-refractivity contribution in [1.29, 1.82) is 0 Å². The number of rotatable bonds is 9. The molecule has 1 aromatic carbocycles. The number of piperidine rings is 1. The van der Waals surface area contributed by atoms with E-state index in [9.17, 15) is 14.4 Å². The molecule has 7 heteroatoms. The fraction of sp³-hybridized carbons (Fsp3) is 0.581. The van der Waals surface area contributed by atoms with Crippen molar-refractivity contribution in [3.63, 3.8) is 0 Å². The predicted molar refractivity (Wildman–Crippen MR) is 152 cm³/mol.